The minimum Gasteiger partial charge on any atom is -0.506 e. The highest BCUT2D eigenvalue weighted by atomic mass is 16.5. The maximum absolute atomic E-state index is 10.6. The van der Waals surface area contributed by atoms with Crippen LogP contribution in [0.3, 0.4) is 0 Å². The molecule has 0 radical (unpaired) electrons. The molecule has 0 bridgehead atoms. The van der Waals surface area contributed by atoms with Crippen LogP contribution < -0.4 is 4.74 Å². The monoisotopic (exact) mass is 192 g/mol. The van der Waals surface area contributed by atoms with Crippen LogP contribution in [-0.2, 0) is 0 Å². The van der Waals surface area contributed by atoms with Crippen molar-refractivity contribution in [3.8, 4) is 11.5 Å². The molecule has 14 heavy (non-hydrogen) atoms. The van der Waals surface area contributed by atoms with Gasteiger partial charge in [-0.3, -0.25) is 4.79 Å². The van der Waals surface area contributed by atoms with Crippen molar-refractivity contribution >= 4 is 17.3 Å². The number of phenolic OH excluding ortho intramolecular Hbond substituents is 1. The van der Waals surface area contributed by atoms with Gasteiger partial charge in [0.25, 0.3) is 0 Å². The number of aromatic hydroxyl groups is 1. The number of fused-ring (bicyclic) bond motifs is 1. The molecule has 0 aliphatic carbocycles. The van der Waals surface area contributed by atoms with Gasteiger partial charge in [0.2, 0.25) is 0 Å². The SMILES string of the molecule is COc1cc(C=O)c(O)c2ccoc12. The van der Waals surface area contributed by atoms with E-state index in [1.807, 2.05) is 0 Å². The van der Waals surface area contributed by atoms with E-state index >= 15 is 0 Å². The zero-order valence-corrected chi connectivity index (χ0v) is 7.48. The lowest BCUT2D eigenvalue weighted by Gasteiger charge is -2.03. The number of methoxy groups -OCH3 is 1. The molecule has 2 aromatic rings. The Labute approximate surface area is 79.7 Å². The van der Waals surface area contributed by atoms with Crippen molar-refractivity contribution in [3.63, 3.8) is 0 Å². The van der Waals surface area contributed by atoms with E-state index in [1.165, 1.54) is 19.4 Å². The summed E-state index contributed by atoms with van der Waals surface area (Å²) in [7, 11) is 1.48. The highest BCUT2D eigenvalue weighted by Gasteiger charge is 2.13. The summed E-state index contributed by atoms with van der Waals surface area (Å²) in [6.45, 7) is 0. The molecular weight excluding hydrogens is 184 g/mol. The van der Waals surface area contributed by atoms with E-state index < -0.39 is 0 Å². The zero-order valence-electron chi connectivity index (χ0n) is 7.48. The van der Waals surface area contributed by atoms with Gasteiger partial charge in [0.15, 0.2) is 17.6 Å². The third-order valence-corrected chi connectivity index (χ3v) is 2.05. The third-order valence-electron chi connectivity index (χ3n) is 2.05. The molecule has 0 spiro atoms. The fraction of sp³-hybridized carbons (Fsp3) is 0.100. The summed E-state index contributed by atoms with van der Waals surface area (Å²) in [4.78, 5) is 10.6. The Balaban J connectivity index is 2.86. The number of phenols is 1. The maximum atomic E-state index is 10.6. The van der Waals surface area contributed by atoms with E-state index in [1.54, 1.807) is 6.07 Å². The summed E-state index contributed by atoms with van der Waals surface area (Å²) in [6, 6.07) is 3.02. The van der Waals surface area contributed by atoms with Gasteiger partial charge >= 0.3 is 0 Å². The van der Waals surface area contributed by atoms with Crippen molar-refractivity contribution in [3.05, 3.63) is 24.0 Å². The topological polar surface area (TPSA) is 59.7 Å². The molecule has 0 saturated heterocycles. The van der Waals surface area contributed by atoms with E-state index in [9.17, 15) is 9.90 Å². The molecule has 1 N–H and O–H groups in total. The van der Waals surface area contributed by atoms with Crippen LogP contribution in [0, 0.1) is 0 Å². The number of rotatable bonds is 2. The van der Waals surface area contributed by atoms with Crippen molar-refractivity contribution in [2.24, 2.45) is 0 Å². The smallest absolute Gasteiger partial charge is 0.179 e. The molecule has 1 aromatic carbocycles. The summed E-state index contributed by atoms with van der Waals surface area (Å²) < 4.78 is 10.1. The molecule has 4 heteroatoms. The molecule has 4 nitrogen and oxygen atoms in total. The van der Waals surface area contributed by atoms with Crippen molar-refractivity contribution < 1.29 is 19.1 Å². The normalized spacial score (nSPS) is 10.4. The van der Waals surface area contributed by atoms with Crippen LogP contribution >= 0.6 is 0 Å². The molecule has 0 atom stereocenters. The van der Waals surface area contributed by atoms with Crippen molar-refractivity contribution in [2.45, 2.75) is 0 Å². The van der Waals surface area contributed by atoms with E-state index in [2.05, 4.69) is 0 Å². The number of benzene rings is 1. The van der Waals surface area contributed by atoms with Crippen LogP contribution in [0.15, 0.2) is 22.8 Å². The standard InChI is InChI=1S/C10H8O4/c1-13-8-4-6(5-11)9(12)7-2-3-14-10(7)8/h2-5,12H,1H3. The van der Waals surface area contributed by atoms with Crippen LogP contribution in [0.4, 0.5) is 0 Å². The highest BCUT2D eigenvalue weighted by Crippen LogP contribution is 2.35. The molecular formula is C10H8O4. The quantitative estimate of drug-likeness (QED) is 0.739. The molecule has 0 aliphatic heterocycles. The summed E-state index contributed by atoms with van der Waals surface area (Å²) in [5, 5.41) is 10.1. The van der Waals surface area contributed by atoms with Crippen LogP contribution in [0.1, 0.15) is 10.4 Å². The van der Waals surface area contributed by atoms with Crippen LogP contribution in [0.2, 0.25) is 0 Å². The zero-order chi connectivity index (χ0) is 10.1. The van der Waals surface area contributed by atoms with Crippen molar-refractivity contribution in [1.82, 2.24) is 0 Å². The van der Waals surface area contributed by atoms with Crippen LogP contribution in [0.25, 0.3) is 11.0 Å². The van der Waals surface area contributed by atoms with Gasteiger partial charge in [0, 0.05) is 0 Å². The first-order valence-corrected chi connectivity index (χ1v) is 4.00. The van der Waals surface area contributed by atoms with E-state index in [0.717, 1.165) is 0 Å². The van der Waals surface area contributed by atoms with E-state index in [0.29, 0.717) is 23.0 Å². The van der Waals surface area contributed by atoms with Gasteiger partial charge in [-0.05, 0) is 12.1 Å². The van der Waals surface area contributed by atoms with Gasteiger partial charge in [0.1, 0.15) is 5.75 Å². The molecule has 0 amide bonds. The Morgan fingerprint density at radius 3 is 3.00 bits per heavy atom. The van der Waals surface area contributed by atoms with Crippen LogP contribution in [-0.4, -0.2) is 18.5 Å². The molecule has 1 aromatic heterocycles. The number of furan rings is 1. The molecule has 0 saturated carbocycles. The molecule has 1 heterocycles. The minimum absolute atomic E-state index is 0.0791. The highest BCUT2D eigenvalue weighted by molar-refractivity contribution is 5.96. The Morgan fingerprint density at radius 2 is 2.36 bits per heavy atom. The third kappa shape index (κ3) is 1.04. The van der Waals surface area contributed by atoms with Crippen molar-refractivity contribution in [1.29, 1.82) is 0 Å². The van der Waals surface area contributed by atoms with Crippen LogP contribution in [0.5, 0.6) is 11.5 Å². The second-order valence-corrected chi connectivity index (χ2v) is 2.80. The second kappa shape index (κ2) is 3.06. The summed E-state index contributed by atoms with van der Waals surface area (Å²) in [6.07, 6.45) is 2.01. The first-order valence-electron chi connectivity index (χ1n) is 4.00. The maximum Gasteiger partial charge on any atom is 0.179 e. The molecule has 0 fully saturated rings. The predicted octanol–water partition coefficient (Wildman–Crippen LogP) is 1.96. The number of hydrogen-bond donors (Lipinski definition) is 1. The van der Waals surface area contributed by atoms with Gasteiger partial charge in [0.05, 0.1) is 24.3 Å². The molecule has 0 aliphatic rings. The molecule has 0 unspecified atom stereocenters. The Kier molecular flexibility index (Phi) is 1.89. The average Bonchev–Trinajstić information content (AvgIpc) is 2.68. The van der Waals surface area contributed by atoms with Gasteiger partial charge in [-0.15, -0.1) is 0 Å². The number of ether oxygens (including phenoxy) is 1. The van der Waals surface area contributed by atoms with E-state index in [4.69, 9.17) is 9.15 Å². The average molecular weight is 192 g/mol. The largest absolute Gasteiger partial charge is 0.506 e. The summed E-state index contributed by atoms with van der Waals surface area (Å²) in [5.41, 5.74) is 0.631. The Morgan fingerprint density at radius 1 is 1.57 bits per heavy atom. The number of carbonyl (C=O) groups is 1. The van der Waals surface area contributed by atoms with Crippen molar-refractivity contribution in [2.75, 3.05) is 7.11 Å². The lowest BCUT2D eigenvalue weighted by molar-refractivity contribution is 0.112. The first-order chi connectivity index (χ1) is 6.77. The van der Waals surface area contributed by atoms with Gasteiger partial charge in [-0.25, -0.2) is 0 Å². The summed E-state index contributed by atoms with van der Waals surface area (Å²) in [5.74, 6) is 0.356. The van der Waals surface area contributed by atoms with Gasteiger partial charge < -0.3 is 14.3 Å². The summed E-state index contributed by atoms with van der Waals surface area (Å²) >= 11 is 0. The Hall–Kier alpha value is -1.97. The Bertz CT molecular complexity index is 484. The number of carbonyl (C=O) groups excluding carboxylic acids is 1. The molecule has 2 rings (SSSR count). The predicted molar refractivity (Wildman–Crippen MR) is 49.8 cm³/mol. The lowest BCUT2D eigenvalue weighted by atomic mass is 10.1. The molecule has 72 valence electrons. The first kappa shape index (κ1) is 8.62. The minimum atomic E-state index is -0.0791. The number of aldehydes is 1. The fourth-order valence-corrected chi connectivity index (χ4v) is 1.36. The fourth-order valence-electron chi connectivity index (χ4n) is 1.36. The number of hydrogen-bond acceptors (Lipinski definition) is 4. The lowest BCUT2D eigenvalue weighted by Crippen LogP contribution is -1.88. The van der Waals surface area contributed by atoms with E-state index in [-0.39, 0.29) is 11.3 Å². The second-order valence-electron chi connectivity index (χ2n) is 2.80. The van der Waals surface area contributed by atoms with Gasteiger partial charge in [-0.2, -0.15) is 0 Å². The van der Waals surface area contributed by atoms with Gasteiger partial charge in [-0.1, -0.05) is 0 Å².